The Hall–Kier alpha value is -1.69. The van der Waals surface area contributed by atoms with E-state index in [2.05, 4.69) is 5.32 Å². The number of aliphatic hydroxyl groups excluding tert-OH is 1. The van der Waals surface area contributed by atoms with Crippen molar-refractivity contribution in [2.75, 3.05) is 13.1 Å². The number of rotatable bonds is 6. The highest BCUT2D eigenvalue weighted by molar-refractivity contribution is 7.07. The lowest BCUT2D eigenvalue weighted by Gasteiger charge is -2.10. The zero-order valence-corrected chi connectivity index (χ0v) is 11.9. The van der Waals surface area contributed by atoms with Crippen LogP contribution < -0.4 is 11.1 Å². The van der Waals surface area contributed by atoms with Gasteiger partial charge in [-0.05, 0) is 53.1 Å². The van der Waals surface area contributed by atoms with Crippen molar-refractivity contribution in [3.63, 3.8) is 0 Å². The zero-order chi connectivity index (χ0) is 14.4. The van der Waals surface area contributed by atoms with Crippen molar-refractivity contribution in [3.8, 4) is 0 Å². The summed E-state index contributed by atoms with van der Waals surface area (Å²) in [5.41, 5.74) is 8.01. The number of amides is 1. The van der Waals surface area contributed by atoms with Crippen LogP contribution in [0.2, 0.25) is 0 Å². The van der Waals surface area contributed by atoms with Crippen LogP contribution in [0.3, 0.4) is 0 Å². The monoisotopic (exact) mass is 290 g/mol. The third-order valence-corrected chi connectivity index (χ3v) is 3.73. The maximum atomic E-state index is 11.9. The van der Waals surface area contributed by atoms with E-state index < -0.39 is 6.10 Å². The molecule has 4 N–H and O–H groups in total. The van der Waals surface area contributed by atoms with Crippen LogP contribution in [0, 0.1) is 0 Å². The Kier molecular flexibility index (Phi) is 5.29. The Morgan fingerprint density at radius 1 is 1.30 bits per heavy atom. The molecule has 0 aliphatic heterocycles. The average Bonchev–Trinajstić information content (AvgIpc) is 3.00. The molecule has 0 aliphatic carbocycles. The van der Waals surface area contributed by atoms with E-state index in [1.165, 1.54) is 11.3 Å². The van der Waals surface area contributed by atoms with Gasteiger partial charge in [0.2, 0.25) is 0 Å². The number of benzene rings is 1. The van der Waals surface area contributed by atoms with Gasteiger partial charge in [-0.25, -0.2) is 0 Å². The number of hydrogen-bond donors (Lipinski definition) is 3. The fraction of sp³-hybridized carbons (Fsp3) is 0.267. The Morgan fingerprint density at radius 2 is 2.05 bits per heavy atom. The van der Waals surface area contributed by atoms with E-state index >= 15 is 0 Å². The molecule has 1 aromatic carbocycles. The molecule has 1 aromatic heterocycles. The van der Waals surface area contributed by atoms with E-state index in [9.17, 15) is 9.90 Å². The third kappa shape index (κ3) is 3.90. The fourth-order valence-electron chi connectivity index (χ4n) is 1.86. The molecule has 1 amide bonds. The van der Waals surface area contributed by atoms with Gasteiger partial charge >= 0.3 is 0 Å². The van der Waals surface area contributed by atoms with Gasteiger partial charge < -0.3 is 16.2 Å². The second-order valence-corrected chi connectivity index (χ2v) is 5.30. The number of nitrogens with two attached hydrogens (primary N) is 1. The second-order valence-electron chi connectivity index (χ2n) is 4.52. The lowest BCUT2D eigenvalue weighted by Crippen LogP contribution is -2.28. The molecule has 4 nitrogen and oxygen atoms in total. The van der Waals surface area contributed by atoms with E-state index in [-0.39, 0.29) is 12.5 Å². The normalized spacial score (nSPS) is 12.1. The van der Waals surface area contributed by atoms with Gasteiger partial charge in [0.1, 0.15) is 0 Å². The van der Waals surface area contributed by atoms with E-state index in [0.717, 1.165) is 17.5 Å². The molecule has 1 heterocycles. The van der Waals surface area contributed by atoms with Crippen LogP contribution in [0.5, 0.6) is 0 Å². The SMILES string of the molecule is NCCc1ccc(C(=O)NCC(O)c2ccsc2)cc1. The summed E-state index contributed by atoms with van der Waals surface area (Å²) in [6.45, 7) is 0.804. The van der Waals surface area contributed by atoms with Crippen molar-refractivity contribution in [2.24, 2.45) is 5.73 Å². The highest BCUT2D eigenvalue weighted by Crippen LogP contribution is 2.15. The molecule has 0 fully saturated rings. The number of carbonyl (C=O) groups excluding carboxylic acids is 1. The smallest absolute Gasteiger partial charge is 0.251 e. The highest BCUT2D eigenvalue weighted by atomic mass is 32.1. The number of carbonyl (C=O) groups is 1. The van der Waals surface area contributed by atoms with Gasteiger partial charge in [0.05, 0.1) is 6.10 Å². The molecule has 0 spiro atoms. The summed E-state index contributed by atoms with van der Waals surface area (Å²) in [7, 11) is 0. The number of nitrogens with one attached hydrogen (secondary N) is 1. The van der Waals surface area contributed by atoms with Crippen molar-refractivity contribution >= 4 is 17.2 Å². The summed E-state index contributed by atoms with van der Waals surface area (Å²) < 4.78 is 0. The fourth-order valence-corrected chi connectivity index (χ4v) is 2.57. The van der Waals surface area contributed by atoms with Crippen LogP contribution >= 0.6 is 11.3 Å². The van der Waals surface area contributed by atoms with Gasteiger partial charge in [0.15, 0.2) is 0 Å². The van der Waals surface area contributed by atoms with Crippen molar-refractivity contribution in [2.45, 2.75) is 12.5 Å². The Bertz CT molecular complexity index is 538. The average molecular weight is 290 g/mol. The minimum atomic E-state index is -0.665. The molecule has 1 unspecified atom stereocenters. The molecular formula is C15H18N2O2S. The lowest BCUT2D eigenvalue weighted by molar-refractivity contribution is 0.0916. The lowest BCUT2D eigenvalue weighted by atomic mass is 10.1. The molecule has 2 rings (SSSR count). The van der Waals surface area contributed by atoms with E-state index in [1.54, 1.807) is 12.1 Å². The molecule has 0 aliphatic rings. The van der Waals surface area contributed by atoms with Crippen LogP contribution in [0.15, 0.2) is 41.1 Å². The maximum absolute atomic E-state index is 11.9. The van der Waals surface area contributed by atoms with Crippen LogP contribution in [-0.4, -0.2) is 24.1 Å². The summed E-state index contributed by atoms with van der Waals surface area (Å²) in [5.74, 6) is -0.182. The number of hydrogen-bond acceptors (Lipinski definition) is 4. The minimum Gasteiger partial charge on any atom is -0.387 e. The first-order valence-electron chi connectivity index (χ1n) is 6.48. The van der Waals surface area contributed by atoms with Crippen molar-refractivity contribution in [3.05, 3.63) is 57.8 Å². The van der Waals surface area contributed by atoms with Gasteiger partial charge in [0, 0.05) is 12.1 Å². The second kappa shape index (κ2) is 7.19. The molecule has 1 atom stereocenters. The molecule has 0 radical (unpaired) electrons. The van der Waals surface area contributed by atoms with Crippen molar-refractivity contribution < 1.29 is 9.90 Å². The quantitative estimate of drug-likeness (QED) is 0.758. The molecule has 5 heteroatoms. The van der Waals surface area contributed by atoms with E-state index in [4.69, 9.17) is 5.73 Å². The topological polar surface area (TPSA) is 75.4 Å². The first-order chi connectivity index (χ1) is 9.70. The number of aliphatic hydroxyl groups is 1. The molecule has 0 bridgehead atoms. The number of thiophene rings is 1. The van der Waals surface area contributed by atoms with Crippen molar-refractivity contribution in [1.29, 1.82) is 0 Å². The Balaban J connectivity index is 1.88. The standard InChI is InChI=1S/C15H18N2O2S/c16-7-5-11-1-3-12(4-2-11)15(19)17-9-14(18)13-6-8-20-10-13/h1-4,6,8,10,14,18H,5,7,9,16H2,(H,17,19). The third-order valence-electron chi connectivity index (χ3n) is 3.03. The Labute approximate surface area is 122 Å². The molecule has 20 heavy (non-hydrogen) atoms. The summed E-state index contributed by atoms with van der Waals surface area (Å²) in [5, 5.41) is 16.4. The summed E-state index contributed by atoms with van der Waals surface area (Å²) in [6.07, 6.45) is 0.139. The van der Waals surface area contributed by atoms with Gasteiger partial charge in [-0.3, -0.25) is 4.79 Å². The van der Waals surface area contributed by atoms with E-state index in [0.29, 0.717) is 12.1 Å². The largest absolute Gasteiger partial charge is 0.387 e. The predicted octanol–water partition coefficient (Wildman–Crippen LogP) is 1.71. The predicted molar refractivity (Wildman–Crippen MR) is 80.8 cm³/mol. The van der Waals surface area contributed by atoms with Crippen LogP contribution in [-0.2, 0) is 6.42 Å². The van der Waals surface area contributed by atoms with Crippen LogP contribution in [0.25, 0.3) is 0 Å². The molecule has 2 aromatic rings. The highest BCUT2D eigenvalue weighted by Gasteiger charge is 2.11. The molecular weight excluding hydrogens is 272 g/mol. The summed E-state index contributed by atoms with van der Waals surface area (Å²) >= 11 is 1.52. The van der Waals surface area contributed by atoms with Gasteiger partial charge in [-0.15, -0.1) is 0 Å². The van der Waals surface area contributed by atoms with Gasteiger partial charge in [-0.2, -0.15) is 11.3 Å². The van der Waals surface area contributed by atoms with Crippen molar-refractivity contribution in [1.82, 2.24) is 5.32 Å². The van der Waals surface area contributed by atoms with Crippen LogP contribution in [0.4, 0.5) is 0 Å². The Morgan fingerprint density at radius 3 is 2.65 bits per heavy atom. The molecule has 0 saturated carbocycles. The summed E-state index contributed by atoms with van der Waals surface area (Å²) in [4.78, 5) is 11.9. The molecule has 0 saturated heterocycles. The summed E-state index contributed by atoms with van der Waals surface area (Å²) in [6, 6.07) is 9.20. The first-order valence-corrected chi connectivity index (χ1v) is 7.42. The van der Waals surface area contributed by atoms with Gasteiger partial charge in [0.25, 0.3) is 5.91 Å². The zero-order valence-electron chi connectivity index (χ0n) is 11.1. The molecule has 106 valence electrons. The minimum absolute atomic E-state index is 0.182. The maximum Gasteiger partial charge on any atom is 0.251 e. The van der Waals surface area contributed by atoms with Gasteiger partial charge in [-0.1, -0.05) is 12.1 Å². The van der Waals surface area contributed by atoms with Crippen LogP contribution in [0.1, 0.15) is 27.6 Å². The first kappa shape index (κ1) is 14.7. The van der Waals surface area contributed by atoms with E-state index in [1.807, 2.05) is 29.0 Å².